The van der Waals surface area contributed by atoms with Gasteiger partial charge in [-0.2, -0.15) is 0 Å². The molecule has 2 aromatic carbocycles. The summed E-state index contributed by atoms with van der Waals surface area (Å²) in [6.07, 6.45) is 0. The molecule has 1 fully saturated rings. The van der Waals surface area contributed by atoms with Crippen LogP contribution < -0.4 is 14.2 Å². The molecule has 1 saturated heterocycles. The maximum atomic E-state index is 12.8. The molecule has 2 aromatic rings. The van der Waals surface area contributed by atoms with Crippen LogP contribution in [-0.2, 0) is 17.9 Å². The summed E-state index contributed by atoms with van der Waals surface area (Å²) >= 11 is 0. The Balaban J connectivity index is 1.52. The lowest BCUT2D eigenvalue weighted by atomic mass is 10.1. The van der Waals surface area contributed by atoms with Gasteiger partial charge in [0.2, 0.25) is 11.7 Å². The van der Waals surface area contributed by atoms with E-state index in [1.54, 1.807) is 26.2 Å². The molecule has 3 rings (SSSR count). The van der Waals surface area contributed by atoms with Gasteiger partial charge in [0.15, 0.2) is 11.5 Å². The van der Waals surface area contributed by atoms with E-state index < -0.39 is 0 Å². The first-order valence-electron chi connectivity index (χ1n) is 10.6. The van der Waals surface area contributed by atoms with E-state index in [4.69, 9.17) is 14.2 Å². The van der Waals surface area contributed by atoms with E-state index in [9.17, 15) is 4.79 Å². The second kappa shape index (κ2) is 11.0. The van der Waals surface area contributed by atoms with E-state index in [0.717, 1.165) is 38.3 Å². The summed E-state index contributed by atoms with van der Waals surface area (Å²) in [7, 11) is 6.59. The van der Waals surface area contributed by atoms with Crippen LogP contribution in [0.25, 0.3) is 0 Å². The highest BCUT2D eigenvalue weighted by Gasteiger charge is 2.22. The molecule has 0 unspecified atom stereocenters. The minimum atomic E-state index is 0.0911. The Morgan fingerprint density at radius 2 is 1.52 bits per heavy atom. The third-order valence-electron chi connectivity index (χ3n) is 5.69. The lowest BCUT2D eigenvalue weighted by molar-refractivity contribution is -0.132. The highest BCUT2D eigenvalue weighted by Crippen LogP contribution is 2.40. The number of hydrogen-bond donors (Lipinski definition) is 0. The van der Waals surface area contributed by atoms with Crippen molar-refractivity contribution in [2.75, 3.05) is 61.1 Å². The molecular weight excluding hydrogens is 394 g/mol. The molecule has 0 radical (unpaired) electrons. The summed E-state index contributed by atoms with van der Waals surface area (Å²) in [6, 6.07) is 14.3. The lowest BCUT2D eigenvalue weighted by Gasteiger charge is -2.35. The Hall–Kier alpha value is -2.77. The number of benzene rings is 2. The van der Waals surface area contributed by atoms with Crippen LogP contribution in [0.2, 0.25) is 0 Å². The number of amides is 1. The zero-order chi connectivity index (χ0) is 22.2. The molecule has 0 aliphatic carbocycles. The van der Waals surface area contributed by atoms with Crippen molar-refractivity contribution in [2.24, 2.45) is 0 Å². The number of ether oxygens (including phenoxy) is 3. The zero-order valence-electron chi connectivity index (χ0n) is 19.0. The molecule has 1 aliphatic rings. The number of likely N-dealkylation sites (N-methyl/N-ethyl adjacent to an activating group) is 1. The second-order valence-electron chi connectivity index (χ2n) is 7.78. The van der Waals surface area contributed by atoms with E-state index >= 15 is 0 Å². The van der Waals surface area contributed by atoms with Crippen LogP contribution in [0.1, 0.15) is 11.1 Å². The highest BCUT2D eigenvalue weighted by atomic mass is 16.5. The van der Waals surface area contributed by atoms with Crippen LogP contribution in [0.4, 0.5) is 0 Å². The molecule has 1 amide bonds. The summed E-state index contributed by atoms with van der Waals surface area (Å²) in [6.45, 7) is 5.55. The van der Waals surface area contributed by atoms with Crippen molar-refractivity contribution in [1.82, 2.24) is 14.7 Å². The number of rotatable bonds is 9. The Kier molecular flexibility index (Phi) is 8.14. The van der Waals surface area contributed by atoms with Crippen LogP contribution in [-0.4, -0.2) is 81.7 Å². The van der Waals surface area contributed by atoms with E-state index in [0.29, 0.717) is 30.3 Å². The molecule has 1 aliphatic heterocycles. The van der Waals surface area contributed by atoms with Crippen molar-refractivity contribution >= 4 is 5.91 Å². The number of methoxy groups -OCH3 is 3. The molecule has 31 heavy (non-hydrogen) atoms. The van der Waals surface area contributed by atoms with Crippen molar-refractivity contribution in [3.05, 3.63) is 53.6 Å². The number of carbonyl (C=O) groups excluding carboxylic acids is 1. The number of hydrogen-bond acceptors (Lipinski definition) is 6. The quantitative estimate of drug-likeness (QED) is 0.613. The average Bonchev–Trinajstić information content (AvgIpc) is 2.80. The average molecular weight is 428 g/mol. The van der Waals surface area contributed by atoms with Gasteiger partial charge in [-0.3, -0.25) is 14.6 Å². The minimum Gasteiger partial charge on any atom is -0.493 e. The van der Waals surface area contributed by atoms with Gasteiger partial charge in [0.1, 0.15) is 0 Å². The van der Waals surface area contributed by atoms with Gasteiger partial charge in [0.05, 0.1) is 27.9 Å². The van der Waals surface area contributed by atoms with Gasteiger partial charge in [0, 0.05) is 51.9 Å². The molecule has 168 valence electrons. The monoisotopic (exact) mass is 427 g/mol. The molecular formula is C24H33N3O4. The Labute approximate surface area is 185 Å². The van der Waals surface area contributed by atoms with Gasteiger partial charge in [-0.1, -0.05) is 30.3 Å². The number of piperazine rings is 1. The Morgan fingerprint density at radius 1 is 0.871 bits per heavy atom. The van der Waals surface area contributed by atoms with Crippen molar-refractivity contribution in [1.29, 1.82) is 0 Å². The van der Waals surface area contributed by atoms with Gasteiger partial charge < -0.3 is 19.1 Å². The first-order valence-corrected chi connectivity index (χ1v) is 10.6. The van der Waals surface area contributed by atoms with Gasteiger partial charge in [-0.25, -0.2) is 0 Å². The third kappa shape index (κ3) is 5.89. The molecule has 0 saturated carbocycles. The summed E-state index contributed by atoms with van der Waals surface area (Å²) < 4.78 is 16.3. The molecule has 7 nitrogen and oxygen atoms in total. The maximum absolute atomic E-state index is 12.8. The van der Waals surface area contributed by atoms with Crippen molar-refractivity contribution in [3.63, 3.8) is 0 Å². The summed E-state index contributed by atoms with van der Waals surface area (Å²) in [5.41, 5.74) is 2.21. The largest absolute Gasteiger partial charge is 0.493 e. The first kappa shape index (κ1) is 22.9. The minimum absolute atomic E-state index is 0.0911. The number of carbonyl (C=O) groups is 1. The van der Waals surface area contributed by atoms with E-state index in [2.05, 4.69) is 34.1 Å². The lowest BCUT2D eigenvalue weighted by Crippen LogP contribution is -2.49. The van der Waals surface area contributed by atoms with Crippen LogP contribution in [0.3, 0.4) is 0 Å². The summed E-state index contributed by atoms with van der Waals surface area (Å²) in [4.78, 5) is 19.2. The predicted octanol–water partition coefficient (Wildman–Crippen LogP) is 2.49. The molecule has 0 aromatic heterocycles. The Bertz CT molecular complexity index is 851. The van der Waals surface area contributed by atoms with Crippen LogP contribution >= 0.6 is 0 Å². The van der Waals surface area contributed by atoms with Crippen LogP contribution in [0.15, 0.2) is 42.5 Å². The fourth-order valence-electron chi connectivity index (χ4n) is 3.89. The van der Waals surface area contributed by atoms with Crippen molar-refractivity contribution < 1.29 is 19.0 Å². The highest BCUT2D eigenvalue weighted by molar-refractivity contribution is 5.78. The third-order valence-corrected chi connectivity index (χ3v) is 5.69. The molecule has 0 spiro atoms. The van der Waals surface area contributed by atoms with E-state index in [1.807, 2.05) is 25.2 Å². The van der Waals surface area contributed by atoms with E-state index in [1.165, 1.54) is 5.56 Å². The zero-order valence-corrected chi connectivity index (χ0v) is 19.0. The Morgan fingerprint density at radius 3 is 2.13 bits per heavy atom. The van der Waals surface area contributed by atoms with Crippen molar-refractivity contribution in [3.8, 4) is 17.2 Å². The topological polar surface area (TPSA) is 54.5 Å². The maximum Gasteiger partial charge on any atom is 0.236 e. The van der Waals surface area contributed by atoms with E-state index in [-0.39, 0.29) is 5.91 Å². The number of nitrogens with zero attached hydrogens (tertiary/aromatic N) is 3. The fourth-order valence-corrected chi connectivity index (χ4v) is 3.89. The van der Waals surface area contributed by atoms with Gasteiger partial charge in [0.25, 0.3) is 0 Å². The van der Waals surface area contributed by atoms with Crippen molar-refractivity contribution in [2.45, 2.75) is 13.1 Å². The summed E-state index contributed by atoms with van der Waals surface area (Å²) in [5.74, 6) is 1.83. The smallest absolute Gasteiger partial charge is 0.236 e. The van der Waals surface area contributed by atoms with Gasteiger partial charge in [-0.15, -0.1) is 0 Å². The molecule has 0 atom stereocenters. The summed E-state index contributed by atoms with van der Waals surface area (Å²) in [5, 5.41) is 0. The second-order valence-corrected chi connectivity index (χ2v) is 7.78. The van der Waals surface area contributed by atoms with Crippen LogP contribution in [0, 0.1) is 0 Å². The standard InChI is InChI=1S/C24H33N3O4/c1-25(17-20-10-11-21(29-2)24(31-4)23(20)30-3)22(28)18-27-14-12-26(13-15-27)16-19-8-6-5-7-9-19/h5-11H,12-18H2,1-4H3. The molecule has 1 heterocycles. The van der Waals surface area contributed by atoms with Gasteiger partial charge in [-0.05, 0) is 17.7 Å². The first-order chi connectivity index (χ1) is 15.0. The van der Waals surface area contributed by atoms with Crippen LogP contribution in [0.5, 0.6) is 17.2 Å². The van der Waals surface area contributed by atoms with Gasteiger partial charge >= 0.3 is 0 Å². The molecule has 7 heteroatoms. The SMILES string of the molecule is COc1ccc(CN(C)C(=O)CN2CCN(Cc3ccccc3)CC2)c(OC)c1OC. The normalized spacial score (nSPS) is 14.8. The molecule has 0 N–H and O–H groups in total. The predicted molar refractivity (Wildman–Crippen MR) is 121 cm³/mol. The fraction of sp³-hybridized carbons (Fsp3) is 0.458. The molecule has 0 bridgehead atoms.